The second kappa shape index (κ2) is 12.5. The largest absolute Gasteiger partial charge is 0.310 e. The minimum Gasteiger partial charge on any atom is -0.310 e. The van der Waals surface area contributed by atoms with Gasteiger partial charge in [0.15, 0.2) is 0 Å². The molecule has 0 saturated carbocycles. The van der Waals surface area contributed by atoms with E-state index in [0.717, 1.165) is 45.2 Å². The van der Waals surface area contributed by atoms with Gasteiger partial charge in [-0.3, -0.25) is 4.57 Å². The van der Waals surface area contributed by atoms with Gasteiger partial charge >= 0.3 is 0 Å². The molecule has 0 fully saturated rings. The highest BCUT2D eigenvalue weighted by molar-refractivity contribution is 7.25. The zero-order chi connectivity index (χ0) is 38.5. The second-order valence-electron chi connectivity index (χ2n) is 16.0. The van der Waals surface area contributed by atoms with Crippen LogP contribution >= 0.6 is 11.3 Å². The molecule has 1 aliphatic rings. The Morgan fingerprint density at radius 1 is 0.483 bits per heavy atom. The minimum atomic E-state index is -0.193. The normalized spacial score (nSPS) is 13.1. The van der Waals surface area contributed by atoms with Crippen molar-refractivity contribution in [2.24, 2.45) is 0 Å². The summed E-state index contributed by atoms with van der Waals surface area (Å²) < 4.78 is 4.95. The lowest BCUT2D eigenvalue weighted by molar-refractivity contribution is 0.662. The van der Waals surface area contributed by atoms with Crippen molar-refractivity contribution in [3.8, 4) is 28.2 Å². The van der Waals surface area contributed by atoms with Gasteiger partial charge in [-0.1, -0.05) is 117 Å². The third-order valence-electron chi connectivity index (χ3n) is 12.3. The number of rotatable bonds is 5. The fourth-order valence-corrected chi connectivity index (χ4v) is 10.6. The van der Waals surface area contributed by atoms with Crippen molar-refractivity contribution >= 4 is 81.1 Å². The number of aromatic nitrogens is 2. The lowest BCUT2D eigenvalue weighted by Gasteiger charge is -2.26. The van der Waals surface area contributed by atoms with E-state index in [-0.39, 0.29) is 5.41 Å². The van der Waals surface area contributed by atoms with E-state index in [2.05, 4.69) is 211 Å². The molecule has 2 heterocycles. The Balaban J connectivity index is 1.07. The number of benzene rings is 9. The van der Waals surface area contributed by atoms with E-state index < -0.39 is 0 Å². The molecule has 0 saturated heterocycles. The first-order valence-electron chi connectivity index (χ1n) is 20.0. The summed E-state index contributed by atoms with van der Waals surface area (Å²) in [4.78, 5) is 7.73. The molecular weight excluding hydrogens is 723 g/mol. The van der Waals surface area contributed by atoms with Gasteiger partial charge in [0.05, 0.1) is 11.0 Å². The van der Waals surface area contributed by atoms with Gasteiger partial charge in [0.25, 0.3) is 0 Å². The molecule has 2 aromatic heterocycles. The van der Waals surface area contributed by atoms with E-state index in [0.29, 0.717) is 0 Å². The number of fused-ring (bicyclic) bond motifs is 10. The average molecular weight is 760 g/mol. The number of hydrogen-bond donors (Lipinski definition) is 0. The highest BCUT2D eigenvalue weighted by Crippen LogP contribution is 2.52. The molecule has 3 nitrogen and oxygen atoms in total. The van der Waals surface area contributed by atoms with E-state index >= 15 is 0 Å². The van der Waals surface area contributed by atoms with Crippen molar-refractivity contribution in [1.82, 2.24) is 9.55 Å². The average Bonchev–Trinajstić information content (AvgIpc) is 3.90. The first-order chi connectivity index (χ1) is 28.5. The summed E-state index contributed by atoms with van der Waals surface area (Å²) in [7, 11) is 0. The molecule has 12 rings (SSSR count). The molecule has 0 aliphatic heterocycles. The van der Waals surface area contributed by atoms with E-state index in [1.807, 2.05) is 11.3 Å². The number of hydrogen-bond acceptors (Lipinski definition) is 3. The van der Waals surface area contributed by atoms with Gasteiger partial charge in [0.2, 0.25) is 0 Å². The zero-order valence-corrected chi connectivity index (χ0v) is 33.0. The molecular formula is C54H37N3S. The predicted molar refractivity (Wildman–Crippen MR) is 247 cm³/mol. The molecule has 0 atom stereocenters. The van der Waals surface area contributed by atoms with Crippen LogP contribution in [0.3, 0.4) is 0 Å². The van der Waals surface area contributed by atoms with Crippen molar-refractivity contribution in [2.75, 3.05) is 4.90 Å². The van der Waals surface area contributed by atoms with Crippen LogP contribution < -0.4 is 4.90 Å². The SMILES string of the molecule is CC1(C)c2cc3ccc4ccc(N(c5ccccc5)c5ccc6sc7ccccc7c6c5)cc4c3cc2-c2cc3c(cc21)nc(-c1ccccc1)n3-c1ccccc1. The summed E-state index contributed by atoms with van der Waals surface area (Å²) in [6.45, 7) is 4.73. The fourth-order valence-electron chi connectivity index (χ4n) is 9.47. The molecule has 0 N–H and O–H groups in total. The minimum absolute atomic E-state index is 0.193. The Bertz CT molecular complexity index is 3420. The van der Waals surface area contributed by atoms with Crippen LogP contribution in [0.25, 0.3) is 81.0 Å². The Labute approximate surface area is 340 Å². The van der Waals surface area contributed by atoms with Crippen LogP contribution in [0.4, 0.5) is 17.1 Å². The quantitative estimate of drug-likeness (QED) is 0.163. The molecule has 0 unspecified atom stereocenters. The second-order valence-corrected chi connectivity index (χ2v) is 17.1. The molecule has 11 aromatic rings. The van der Waals surface area contributed by atoms with E-state index in [4.69, 9.17) is 4.98 Å². The summed E-state index contributed by atoms with van der Waals surface area (Å²) >= 11 is 1.86. The molecule has 58 heavy (non-hydrogen) atoms. The summed E-state index contributed by atoms with van der Waals surface area (Å²) in [5.41, 5.74) is 12.8. The van der Waals surface area contributed by atoms with Crippen LogP contribution in [0.1, 0.15) is 25.0 Å². The number of para-hydroxylation sites is 2. The van der Waals surface area contributed by atoms with E-state index in [1.54, 1.807) is 0 Å². The highest BCUT2D eigenvalue weighted by Gasteiger charge is 2.37. The van der Waals surface area contributed by atoms with Crippen molar-refractivity contribution in [1.29, 1.82) is 0 Å². The maximum Gasteiger partial charge on any atom is 0.145 e. The fraction of sp³-hybridized carbons (Fsp3) is 0.0556. The summed E-state index contributed by atoms with van der Waals surface area (Å²) in [6.07, 6.45) is 0. The van der Waals surface area contributed by atoms with Crippen LogP contribution in [0.15, 0.2) is 188 Å². The first kappa shape index (κ1) is 33.2. The molecule has 4 heteroatoms. The summed E-state index contributed by atoms with van der Waals surface area (Å²) in [6, 6.07) is 68.8. The van der Waals surface area contributed by atoms with Crippen LogP contribution in [0.5, 0.6) is 0 Å². The van der Waals surface area contributed by atoms with Crippen molar-refractivity contribution in [2.45, 2.75) is 19.3 Å². The van der Waals surface area contributed by atoms with Gasteiger partial charge in [0.1, 0.15) is 5.82 Å². The molecule has 274 valence electrons. The molecule has 0 radical (unpaired) electrons. The zero-order valence-electron chi connectivity index (χ0n) is 32.1. The van der Waals surface area contributed by atoms with Crippen LogP contribution in [0.2, 0.25) is 0 Å². The van der Waals surface area contributed by atoms with Gasteiger partial charge in [-0.2, -0.15) is 0 Å². The van der Waals surface area contributed by atoms with E-state index in [1.165, 1.54) is 64.0 Å². The molecule has 1 aliphatic carbocycles. The van der Waals surface area contributed by atoms with Gasteiger partial charge in [-0.05, 0) is 129 Å². The van der Waals surface area contributed by atoms with Gasteiger partial charge in [0, 0.05) is 53.9 Å². The van der Waals surface area contributed by atoms with E-state index in [9.17, 15) is 0 Å². The monoisotopic (exact) mass is 759 g/mol. The Hall–Kier alpha value is -7.01. The molecule has 0 amide bonds. The maximum atomic E-state index is 5.32. The van der Waals surface area contributed by atoms with Crippen molar-refractivity contribution < 1.29 is 0 Å². The first-order valence-corrected chi connectivity index (χ1v) is 20.8. The number of imidazole rings is 1. The third-order valence-corrected chi connectivity index (χ3v) is 13.5. The Morgan fingerprint density at radius 3 is 1.90 bits per heavy atom. The maximum absolute atomic E-state index is 5.32. The Kier molecular flexibility index (Phi) is 7.14. The van der Waals surface area contributed by atoms with Crippen molar-refractivity contribution in [3.05, 3.63) is 199 Å². The van der Waals surface area contributed by atoms with Gasteiger partial charge in [-0.15, -0.1) is 11.3 Å². The third kappa shape index (κ3) is 4.95. The lowest BCUT2D eigenvalue weighted by atomic mass is 9.81. The standard InChI is InChI=1S/C54H37N3S/c1-54(2)47-28-36-23-22-34-24-25-39(56(37-16-8-4-9-17-37)40-26-27-52-46(30-40)41-20-12-13-21-51(41)58-52)29-42(34)43(36)31-44(47)45-32-50-49(33-48(45)54)55-53(35-14-6-3-7-15-35)57(50)38-18-10-5-11-19-38/h3-33H,1-2H3. The van der Waals surface area contributed by atoms with Gasteiger partial charge in [-0.25, -0.2) is 4.98 Å². The molecule has 0 spiro atoms. The summed E-state index contributed by atoms with van der Waals surface area (Å²) in [5, 5.41) is 7.58. The number of anilines is 3. The topological polar surface area (TPSA) is 21.1 Å². The highest BCUT2D eigenvalue weighted by atomic mass is 32.1. The smallest absolute Gasteiger partial charge is 0.145 e. The van der Waals surface area contributed by atoms with Crippen LogP contribution in [-0.2, 0) is 5.41 Å². The van der Waals surface area contributed by atoms with Crippen molar-refractivity contribution in [3.63, 3.8) is 0 Å². The number of thiophene rings is 1. The molecule has 9 aromatic carbocycles. The Morgan fingerprint density at radius 2 is 1.09 bits per heavy atom. The van der Waals surface area contributed by atoms with Gasteiger partial charge < -0.3 is 4.90 Å². The number of nitrogens with zero attached hydrogens (tertiary/aromatic N) is 3. The summed E-state index contributed by atoms with van der Waals surface area (Å²) in [5.74, 6) is 0.954. The lowest BCUT2D eigenvalue weighted by Crippen LogP contribution is -2.15. The molecule has 0 bridgehead atoms. The van der Waals surface area contributed by atoms with Crippen LogP contribution in [0, 0.1) is 0 Å². The predicted octanol–water partition coefficient (Wildman–Crippen LogP) is 15.1. The van der Waals surface area contributed by atoms with Crippen LogP contribution in [-0.4, -0.2) is 9.55 Å².